The molecule has 0 spiro atoms. The number of rotatable bonds is 9. The molecule has 0 N–H and O–H groups in total. The molecule has 1 saturated carbocycles. The van der Waals surface area contributed by atoms with E-state index >= 15 is 0 Å². The van der Waals surface area contributed by atoms with Crippen molar-refractivity contribution >= 4 is 33.2 Å². The lowest BCUT2D eigenvalue weighted by Gasteiger charge is -2.36. The molecule has 39 heavy (non-hydrogen) atoms. The number of hydrogen-bond donors (Lipinski definition) is 0. The normalized spacial score (nSPS) is 18.2. The molecule has 1 aromatic heterocycles. The molecular formula is C27H31ClF3N5O2S. The molecule has 1 atom stereocenters. The zero-order valence-corrected chi connectivity index (χ0v) is 23.5. The first-order chi connectivity index (χ1) is 18.4. The predicted molar refractivity (Wildman–Crippen MR) is 144 cm³/mol. The number of hydrogen-bond acceptors (Lipinski definition) is 7. The minimum Gasteiger partial charge on any atom is -0.369 e. The summed E-state index contributed by atoms with van der Waals surface area (Å²) in [4.78, 5) is 11.8. The van der Waals surface area contributed by atoms with E-state index in [0.29, 0.717) is 24.5 Å². The first-order valence-electron chi connectivity index (χ1n) is 13.0. The molecule has 2 aromatic rings. The number of aromatic nitrogens is 2. The van der Waals surface area contributed by atoms with Crippen molar-refractivity contribution in [2.45, 2.75) is 68.3 Å². The van der Waals surface area contributed by atoms with Crippen LogP contribution >= 0.6 is 11.6 Å². The standard InChI is InChI=1S/C27H31ClF3N5O2S/c1-3-4-22(14-18(2)13-19-15-25(27(29,30)31)34-26(17-32)33-19)39(37,38)24-8-7-21(16-23(24)28)36-11-9-35(10-12-36)20-5-6-20/h7-8,13,15-16,20,22H,3-6,9-12,14H2,1-2H3. The van der Waals surface area contributed by atoms with Crippen LogP contribution in [-0.4, -0.2) is 60.8 Å². The lowest BCUT2D eigenvalue weighted by Crippen LogP contribution is -2.47. The maximum absolute atomic E-state index is 13.7. The molecule has 1 aliphatic heterocycles. The van der Waals surface area contributed by atoms with Crippen molar-refractivity contribution in [3.05, 3.63) is 52.1 Å². The second-order valence-corrected chi connectivity index (χ2v) is 12.7. The molecule has 2 fully saturated rings. The van der Waals surface area contributed by atoms with Crippen LogP contribution in [-0.2, 0) is 16.0 Å². The summed E-state index contributed by atoms with van der Waals surface area (Å²) in [7, 11) is -3.85. The number of alkyl halides is 3. The molecular weight excluding hydrogens is 551 g/mol. The Hall–Kier alpha value is -2.68. The smallest absolute Gasteiger partial charge is 0.369 e. The van der Waals surface area contributed by atoms with Crippen LogP contribution < -0.4 is 4.90 Å². The molecule has 210 valence electrons. The van der Waals surface area contributed by atoms with Gasteiger partial charge in [-0.3, -0.25) is 4.90 Å². The van der Waals surface area contributed by atoms with E-state index in [2.05, 4.69) is 19.8 Å². The predicted octanol–water partition coefficient (Wildman–Crippen LogP) is 5.74. The number of nitriles is 1. The van der Waals surface area contributed by atoms with Crippen LogP contribution in [0.4, 0.5) is 18.9 Å². The fourth-order valence-electron chi connectivity index (χ4n) is 4.98. The molecule has 0 amide bonds. The van der Waals surface area contributed by atoms with E-state index in [4.69, 9.17) is 16.9 Å². The van der Waals surface area contributed by atoms with Crippen molar-refractivity contribution in [3.63, 3.8) is 0 Å². The number of allylic oxidation sites excluding steroid dienone is 1. The zero-order valence-electron chi connectivity index (χ0n) is 21.9. The summed E-state index contributed by atoms with van der Waals surface area (Å²) >= 11 is 6.54. The van der Waals surface area contributed by atoms with Gasteiger partial charge in [0.15, 0.2) is 9.84 Å². The number of piperazine rings is 1. The average Bonchev–Trinajstić information content (AvgIpc) is 3.73. The fraction of sp³-hybridized carbons (Fsp3) is 0.519. The van der Waals surface area contributed by atoms with Crippen LogP contribution in [0.3, 0.4) is 0 Å². The van der Waals surface area contributed by atoms with E-state index in [1.165, 1.54) is 25.0 Å². The minimum atomic E-state index is -4.74. The number of sulfone groups is 1. The highest BCUT2D eigenvalue weighted by molar-refractivity contribution is 7.92. The Balaban J connectivity index is 1.53. The van der Waals surface area contributed by atoms with Crippen molar-refractivity contribution < 1.29 is 21.6 Å². The van der Waals surface area contributed by atoms with Crippen LogP contribution in [0.1, 0.15) is 63.2 Å². The summed E-state index contributed by atoms with van der Waals surface area (Å²) in [6, 6.07) is 8.05. The summed E-state index contributed by atoms with van der Waals surface area (Å²) in [6.07, 6.45) is 0.151. The minimum absolute atomic E-state index is 0.0453. The van der Waals surface area contributed by atoms with Gasteiger partial charge in [0.1, 0.15) is 11.8 Å². The third-order valence-electron chi connectivity index (χ3n) is 7.09. The van der Waals surface area contributed by atoms with Crippen LogP contribution in [0.2, 0.25) is 5.02 Å². The third-order valence-corrected chi connectivity index (χ3v) is 9.77. The van der Waals surface area contributed by atoms with Crippen LogP contribution in [0, 0.1) is 11.3 Å². The molecule has 1 aliphatic carbocycles. The van der Waals surface area contributed by atoms with E-state index in [1.54, 1.807) is 25.1 Å². The van der Waals surface area contributed by atoms with Crippen molar-refractivity contribution in [2.75, 3.05) is 31.1 Å². The van der Waals surface area contributed by atoms with E-state index < -0.39 is 32.8 Å². The Labute approximate surface area is 232 Å². The average molecular weight is 582 g/mol. The molecule has 0 radical (unpaired) electrons. The van der Waals surface area contributed by atoms with Gasteiger partial charge >= 0.3 is 6.18 Å². The maximum Gasteiger partial charge on any atom is 0.433 e. The zero-order chi connectivity index (χ0) is 28.4. The summed E-state index contributed by atoms with van der Waals surface area (Å²) in [5, 5.41) is 8.37. The molecule has 1 saturated heterocycles. The number of nitrogens with zero attached hydrogens (tertiary/aromatic N) is 5. The Morgan fingerprint density at radius 1 is 1.21 bits per heavy atom. The molecule has 0 bridgehead atoms. The van der Waals surface area contributed by atoms with Gasteiger partial charge in [-0.2, -0.15) is 18.4 Å². The fourth-order valence-corrected chi connectivity index (χ4v) is 7.45. The number of anilines is 1. The molecule has 1 aromatic carbocycles. The van der Waals surface area contributed by atoms with E-state index in [-0.39, 0.29) is 22.0 Å². The Morgan fingerprint density at radius 3 is 2.46 bits per heavy atom. The van der Waals surface area contributed by atoms with Crippen molar-refractivity contribution in [1.82, 2.24) is 14.9 Å². The maximum atomic E-state index is 13.7. The van der Waals surface area contributed by atoms with Gasteiger partial charge in [0.2, 0.25) is 5.82 Å². The molecule has 7 nitrogen and oxygen atoms in total. The molecule has 2 aliphatic rings. The van der Waals surface area contributed by atoms with E-state index in [0.717, 1.165) is 37.9 Å². The van der Waals surface area contributed by atoms with Gasteiger partial charge in [0.25, 0.3) is 0 Å². The molecule has 4 rings (SSSR count). The van der Waals surface area contributed by atoms with Crippen LogP contribution in [0.15, 0.2) is 34.7 Å². The van der Waals surface area contributed by atoms with Gasteiger partial charge in [-0.1, -0.05) is 30.5 Å². The van der Waals surface area contributed by atoms with Gasteiger partial charge in [0.05, 0.1) is 20.9 Å². The first-order valence-corrected chi connectivity index (χ1v) is 14.9. The quantitative estimate of drug-likeness (QED) is 0.373. The van der Waals surface area contributed by atoms with Gasteiger partial charge in [-0.05, 0) is 62.9 Å². The Morgan fingerprint density at radius 2 is 1.90 bits per heavy atom. The van der Waals surface area contributed by atoms with Crippen LogP contribution in [0.25, 0.3) is 6.08 Å². The van der Waals surface area contributed by atoms with Gasteiger partial charge in [-0.25, -0.2) is 18.4 Å². The SMILES string of the molecule is CCCC(CC(C)=Cc1cc(C(F)(F)F)nc(C#N)n1)S(=O)(=O)c1ccc(N2CCN(C3CC3)CC2)cc1Cl. The van der Waals surface area contributed by atoms with E-state index in [9.17, 15) is 21.6 Å². The van der Waals surface area contributed by atoms with Crippen molar-refractivity contribution in [3.8, 4) is 6.07 Å². The Kier molecular flexibility index (Phi) is 8.88. The first kappa shape index (κ1) is 29.3. The largest absolute Gasteiger partial charge is 0.433 e. The van der Waals surface area contributed by atoms with Gasteiger partial charge < -0.3 is 4.90 Å². The molecule has 1 unspecified atom stereocenters. The monoisotopic (exact) mass is 581 g/mol. The second-order valence-electron chi connectivity index (χ2n) is 10.1. The second kappa shape index (κ2) is 11.8. The highest BCUT2D eigenvalue weighted by Gasteiger charge is 2.34. The lowest BCUT2D eigenvalue weighted by atomic mass is 10.1. The number of halogens is 4. The van der Waals surface area contributed by atoms with Gasteiger partial charge in [0, 0.05) is 37.9 Å². The Bertz CT molecular complexity index is 1380. The summed E-state index contributed by atoms with van der Waals surface area (Å²) in [6.45, 7) is 7.15. The summed E-state index contributed by atoms with van der Waals surface area (Å²) in [5.74, 6) is -0.609. The van der Waals surface area contributed by atoms with Crippen LogP contribution in [0.5, 0.6) is 0 Å². The third kappa shape index (κ3) is 7.10. The summed E-state index contributed by atoms with van der Waals surface area (Å²) in [5.41, 5.74) is 0.0545. The van der Waals surface area contributed by atoms with Crippen molar-refractivity contribution in [2.24, 2.45) is 0 Å². The lowest BCUT2D eigenvalue weighted by molar-refractivity contribution is -0.141. The summed E-state index contributed by atoms with van der Waals surface area (Å²) < 4.78 is 66.9. The van der Waals surface area contributed by atoms with Crippen molar-refractivity contribution in [1.29, 1.82) is 5.26 Å². The molecule has 2 heterocycles. The highest BCUT2D eigenvalue weighted by atomic mass is 35.5. The number of benzene rings is 1. The topological polar surface area (TPSA) is 90.2 Å². The molecule has 12 heteroatoms. The van der Waals surface area contributed by atoms with Gasteiger partial charge in [-0.15, -0.1) is 0 Å². The van der Waals surface area contributed by atoms with E-state index in [1.807, 2.05) is 6.92 Å². The highest BCUT2D eigenvalue weighted by Crippen LogP contribution is 2.34.